The number of benzene rings is 1. The minimum Gasteiger partial charge on any atom is -0.490 e. The van der Waals surface area contributed by atoms with E-state index in [2.05, 4.69) is 0 Å². The van der Waals surface area contributed by atoms with E-state index < -0.39 is 5.97 Å². The molecule has 26 heavy (non-hydrogen) atoms. The van der Waals surface area contributed by atoms with Crippen LogP contribution in [0.5, 0.6) is 11.5 Å². The molecule has 7 nitrogen and oxygen atoms in total. The SMILES string of the molecule is CCOc1cc2c(cc1OCC)CN(C(=O)c1cc(C(=O)O)co1)CC2. The van der Waals surface area contributed by atoms with Crippen molar-refractivity contribution in [2.45, 2.75) is 26.8 Å². The number of amides is 1. The summed E-state index contributed by atoms with van der Waals surface area (Å²) >= 11 is 0. The molecule has 0 unspecified atom stereocenters. The Bertz CT molecular complexity index is 825. The number of hydrogen-bond donors (Lipinski definition) is 1. The van der Waals surface area contributed by atoms with Gasteiger partial charge in [0.1, 0.15) is 6.26 Å². The Morgan fingerprint density at radius 1 is 1.12 bits per heavy atom. The molecule has 3 rings (SSSR count). The minimum atomic E-state index is -1.12. The summed E-state index contributed by atoms with van der Waals surface area (Å²) in [6, 6.07) is 5.14. The molecule has 2 heterocycles. The highest BCUT2D eigenvalue weighted by Gasteiger charge is 2.26. The van der Waals surface area contributed by atoms with Gasteiger partial charge in [0.25, 0.3) is 5.91 Å². The topological polar surface area (TPSA) is 89.2 Å². The number of nitrogens with zero attached hydrogens (tertiary/aromatic N) is 1. The van der Waals surface area contributed by atoms with Gasteiger partial charge in [0.15, 0.2) is 17.3 Å². The van der Waals surface area contributed by atoms with Gasteiger partial charge < -0.3 is 23.9 Å². The third-order valence-corrected chi connectivity index (χ3v) is 4.22. The van der Waals surface area contributed by atoms with Crippen molar-refractivity contribution in [3.05, 3.63) is 46.9 Å². The van der Waals surface area contributed by atoms with Crippen molar-refractivity contribution in [1.29, 1.82) is 0 Å². The molecule has 0 fully saturated rings. The molecule has 0 atom stereocenters. The standard InChI is InChI=1S/C19H21NO6/c1-3-24-15-7-12-5-6-20(10-13(12)8-16(15)25-4-2)18(21)17-9-14(11-26-17)19(22)23/h7-9,11H,3-6,10H2,1-2H3,(H,22,23). The molecule has 0 spiro atoms. The predicted molar refractivity (Wildman–Crippen MR) is 92.9 cm³/mol. The summed E-state index contributed by atoms with van der Waals surface area (Å²) in [6.45, 7) is 5.82. The van der Waals surface area contributed by atoms with Gasteiger partial charge in [0.05, 0.1) is 18.8 Å². The Balaban J connectivity index is 1.82. The largest absolute Gasteiger partial charge is 0.490 e. The van der Waals surface area contributed by atoms with Crippen LogP contribution in [0.1, 0.15) is 45.9 Å². The van der Waals surface area contributed by atoms with Crippen molar-refractivity contribution >= 4 is 11.9 Å². The molecule has 1 aliphatic heterocycles. The van der Waals surface area contributed by atoms with Crippen molar-refractivity contribution in [3.63, 3.8) is 0 Å². The maximum atomic E-state index is 12.6. The number of furan rings is 1. The van der Waals surface area contributed by atoms with Gasteiger partial charge in [-0.05, 0) is 43.5 Å². The van der Waals surface area contributed by atoms with Crippen molar-refractivity contribution in [2.75, 3.05) is 19.8 Å². The first-order valence-corrected chi connectivity index (χ1v) is 8.56. The fraction of sp³-hybridized carbons (Fsp3) is 0.368. The maximum Gasteiger partial charge on any atom is 0.338 e. The van der Waals surface area contributed by atoms with E-state index in [9.17, 15) is 9.59 Å². The van der Waals surface area contributed by atoms with Crippen molar-refractivity contribution in [3.8, 4) is 11.5 Å². The van der Waals surface area contributed by atoms with Crippen LogP contribution in [0.25, 0.3) is 0 Å². The van der Waals surface area contributed by atoms with Gasteiger partial charge in [-0.15, -0.1) is 0 Å². The van der Waals surface area contributed by atoms with Crippen molar-refractivity contribution in [2.24, 2.45) is 0 Å². The molecule has 0 aliphatic carbocycles. The monoisotopic (exact) mass is 359 g/mol. The van der Waals surface area contributed by atoms with Crippen LogP contribution in [-0.4, -0.2) is 41.6 Å². The van der Waals surface area contributed by atoms with Crippen LogP contribution in [0.3, 0.4) is 0 Å². The van der Waals surface area contributed by atoms with E-state index in [4.69, 9.17) is 19.0 Å². The Labute approximate surface area is 151 Å². The zero-order valence-electron chi connectivity index (χ0n) is 14.8. The number of carbonyl (C=O) groups is 2. The Morgan fingerprint density at radius 3 is 2.35 bits per heavy atom. The maximum absolute atomic E-state index is 12.6. The molecule has 1 aromatic carbocycles. The van der Waals surface area contributed by atoms with Crippen LogP contribution in [0.2, 0.25) is 0 Å². The lowest BCUT2D eigenvalue weighted by Crippen LogP contribution is -2.35. The van der Waals surface area contributed by atoms with Gasteiger partial charge in [-0.2, -0.15) is 0 Å². The van der Waals surface area contributed by atoms with Crippen molar-refractivity contribution in [1.82, 2.24) is 4.90 Å². The van der Waals surface area contributed by atoms with E-state index in [-0.39, 0.29) is 17.2 Å². The van der Waals surface area contributed by atoms with Crippen LogP contribution < -0.4 is 9.47 Å². The number of aromatic carboxylic acids is 1. The number of carboxylic acids is 1. The normalized spacial score (nSPS) is 13.2. The third kappa shape index (κ3) is 3.51. The highest BCUT2D eigenvalue weighted by molar-refractivity contribution is 5.95. The number of hydrogen-bond acceptors (Lipinski definition) is 5. The van der Waals surface area contributed by atoms with Crippen LogP contribution in [0.15, 0.2) is 28.9 Å². The molecule has 0 saturated heterocycles. The molecule has 138 valence electrons. The molecule has 1 aliphatic rings. The van der Waals surface area contributed by atoms with Gasteiger partial charge in [0, 0.05) is 19.2 Å². The highest BCUT2D eigenvalue weighted by Crippen LogP contribution is 2.34. The van der Waals surface area contributed by atoms with E-state index in [1.165, 1.54) is 6.07 Å². The summed E-state index contributed by atoms with van der Waals surface area (Å²) in [7, 11) is 0. The zero-order valence-corrected chi connectivity index (χ0v) is 14.8. The molecule has 0 bridgehead atoms. The lowest BCUT2D eigenvalue weighted by molar-refractivity contribution is 0.0690. The number of carboxylic acid groups (broad SMARTS) is 1. The summed E-state index contributed by atoms with van der Waals surface area (Å²) in [5.74, 6) is -0.0445. The Hall–Kier alpha value is -2.96. The first kappa shape index (κ1) is 17.8. The smallest absolute Gasteiger partial charge is 0.338 e. The number of ether oxygens (including phenoxy) is 2. The molecule has 0 saturated carbocycles. The Morgan fingerprint density at radius 2 is 1.77 bits per heavy atom. The van der Waals surface area contributed by atoms with Gasteiger partial charge >= 0.3 is 5.97 Å². The van der Waals surface area contributed by atoms with Crippen LogP contribution in [-0.2, 0) is 13.0 Å². The minimum absolute atomic E-state index is 0.0295. The van der Waals surface area contributed by atoms with Crippen LogP contribution >= 0.6 is 0 Å². The first-order valence-electron chi connectivity index (χ1n) is 8.56. The molecule has 1 amide bonds. The second-order valence-corrected chi connectivity index (χ2v) is 5.92. The van der Waals surface area contributed by atoms with Gasteiger partial charge in [-0.25, -0.2) is 4.79 Å². The van der Waals surface area contributed by atoms with E-state index in [1.807, 2.05) is 26.0 Å². The average Bonchev–Trinajstić information content (AvgIpc) is 3.12. The molecule has 0 radical (unpaired) electrons. The van der Waals surface area contributed by atoms with Crippen LogP contribution in [0, 0.1) is 0 Å². The zero-order chi connectivity index (χ0) is 18.7. The third-order valence-electron chi connectivity index (χ3n) is 4.22. The average molecular weight is 359 g/mol. The van der Waals surface area contributed by atoms with Gasteiger partial charge in [0.2, 0.25) is 0 Å². The number of fused-ring (bicyclic) bond motifs is 1. The predicted octanol–water partition coefficient (Wildman–Crippen LogP) is 2.97. The summed E-state index contributed by atoms with van der Waals surface area (Å²) in [5.41, 5.74) is 2.07. The summed E-state index contributed by atoms with van der Waals surface area (Å²) in [5, 5.41) is 8.96. The number of carbonyl (C=O) groups excluding carboxylic acids is 1. The first-order chi connectivity index (χ1) is 12.5. The summed E-state index contributed by atoms with van der Waals surface area (Å²) < 4.78 is 16.4. The van der Waals surface area contributed by atoms with Crippen LogP contribution in [0.4, 0.5) is 0 Å². The molecule has 1 N–H and O–H groups in total. The lowest BCUT2D eigenvalue weighted by Gasteiger charge is -2.29. The van der Waals surface area contributed by atoms with E-state index in [0.29, 0.717) is 44.2 Å². The van der Waals surface area contributed by atoms with E-state index in [1.54, 1.807) is 4.90 Å². The quantitative estimate of drug-likeness (QED) is 0.853. The molecule has 2 aromatic rings. The molecular formula is C19H21NO6. The summed E-state index contributed by atoms with van der Waals surface area (Å²) in [6.07, 6.45) is 1.76. The van der Waals surface area contributed by atoms with E-state index in [0.717, 1.165) is 17.4 Å². The second-order valence-electron chi connectivity index (χ2n) is 5.92. The second kappa shape index (κ2) is 7.51. The lowest BCUT2D eigenvalue weighted by atomic mass is 9.98. The fourth-order valence-corrected chi connectivity index (χ4v) is 2.99. The van der Waals surface area contributed by atoms with E-state index >= 15 is 0 Å². The summed E-state index contributed by atoms with van der Waals surface area (Å²) in [4.78, 5) is 25.2. The highest BCUT2D eigenvalue weighted by atomic mass is 16.5. The Kier molecular flexibility index (Phi) is 5.16. The molecule has 1 aromatic heterocycles. The molecule has 7 heteroatoms. The fourth-order valence-electron chi connectivity index (χ4n) is 2.99. The molecular weight excluding hydrogens is 338 g/mol. The van der Waals surface area contributed by atoms with Gasteiger partial charge in [-0.1, -0.05) is 0 Å². The number of rotatable bonds is 6. The van der Waals surface area contributed by atoms with Crippen molar-refractivity contribution < 1.29 is 28.6 Å². The van der Waals surface area contributed by atoms with Gasteiger partial charge in [-0.3, -0.25) is 4.79 Å².